The van der Waals surface area contributed by atoms with E-state index < -0.39 is 0 Å². The summed E-state index contributed by atoms with van der Waals surface area (Å²) in [5.41, 5.74) is 7.96. The number of hydrogen-bond acceptors (Lipinski definition) is 4. The Kier molecular flexibility index (Phi) is 2.64. The van der Waals surface area contributed by atoms with Crippen molar-refractivity contribution in [1.82, 2.24) is 9.97 Å². The van der Waals surface area contributed by atoms with Crippen LogP contribution in [0.25, 0.3) is 11.4 Å². The molecule has 0 fully saturated rings. The lowest BCUT2D eigenvalue weighted by atomic mass is 10.1. The molecule has 4 nitrogen and oxygen atoms in total. The van der Waals surface area contributed by atoms with Crippen LogP contribution in [0.5, 0.6) is 0 Å². The highest BCUT2D eigenvalue weighted by molar-refractivity contribution is 5.81. The van der Waals surface area contributed by atoms with Gasteiger partial charge in [0.1, 0.15) is 5.82 Å². The van der Waals surface area contributed by atoms with Gasteiger partial charge in [-0.1, -0.05) is 23.8 Å². The molecule has 1 heterocycles. The smallest absolute Gasteiger partial charge is 0.161 e. The molecule has 0 unspecified atom stereocenters. The number of nitrogens with two attached hydrogens (primary N) is 1. The van der Waals surface area contributed by atoms with Gasteiger partial charge in [0.25, 0.3) is 0 Å². The number of nitrogens with zero attached hydrogens (tertiary/aromatic N) is 2. The Morgan fingerprint density at radius 2 is 2.19 bits per heavy atom. The van der Waals surface area contributed by atoms with E-state index in [1.807, 2.05) is 31.2 Å². The number of carbonyl (C=O) groups excluding carboxylic acids is 1. The van der Waals surface area contributed by atoms with Gasteiger partial charge in [-0.2, -0.15) is 0 Å². The van der Waals surface area contributed by atoms with Crippen LogP contribution in [0.4, 0.5) is 5.82 Å². The Morgan fingerprint density at radius 3 is 2.81 bits per heavy atom. The van der Waals surface area contributed by atoms with Crippen LogP contribution >= 0.6 is 0 Å². The Hall–Kier alpha value is -2.23. The fourth-order valence-corrected chi connectivity index (χ4v) is 1.42. The first-order valence-corrected chi connectivity index (χ1v) is 4.85. The average molecular weight is 213 g/mol. The van der Waals surface area contributed by atoms with Crippen LogP contribution in [-0.2, 0) is 0 Å². The van der Waals surface area contributed by atoms with Gasteiger partial charge < -0.3 is 5.73 Å². The Labute approximate surface area is 93.2 Å². The molecule has 2 aromatic rings. The molecule has 0 spiro atoms. The Morgan fingerprint density at radius 1 is 1.38 bits per heavy atom. The fraction of sp³-hybridized carbons (Fsp3) is 0.0833. The zero-order chi connectivity index (χ0) is 11.5. The standard InChI is InChI=1S/C12H11N3O/c1-8-3-2-4-9(5-8)12-14-6-10(7-16)11(13)15-12/h2-7H,1H3,(H2,13,14,15). The van der Waals surface area contributed by atoms with Crippen molar-refractivity contribution in [2.45, 2.75) is 6.92 Å². The summed E-state index contributed by atoms with van der Waals surface area (Å²) in [5, 5.41) is 0. The first kappa shape index (κ1) is 10.3. The fourth-order valence-electron chi connectivity index (χ4n) is 1.42. The minimum Gasteiger partial charge on any atom is -0.383 e. The molecular formula is C12H11N3O. The highest BCUT2D eigenvalue weighted by Crippen LogP contribution is 2.17. The van der Waals surface area contributed by atoms with Crippen LogP contribution in [0.15, 0.2) is 30.5 Å². The highest BCUT2D eigenvalue weighted by Gasteiger charge is 2.05. The van der Waals surface area contributed by atoms with Gasteiger partial charge in [0, 0.05) is 11.8 Å². The van der Waals surface area contributed by atoms with E-state index in [9.17, 15) is 4.79 Å². The molecule has 0 amide bonds. The van der Waals surface area contributed by atoms with Crippen molar-refractivity contribution in [3.05, 3.63) is 41.6 Å². The topological polar surface area (TPSA) is 68.9 Å². The molecule has 1 aromatic heterocycles. The molecule has 80 valence electrons. The number of aromatic nitrogens is 2. The molecule has 16 heavy (non-hydrogen) atoms. The molecule has 0 bridgehead atoms. The summed E-state index contributed by atoms with van der Waals surface area (Å²) in [6.45, 7) is 1.99. The highest BCUT2D eigenvalue weighted by atomic mass is 16.1. The van der Waals surface area contributed by atoms with Crippen LogP contribution in [0.3, 0.4) is 0 Å². The number of nitrogen functional groups attached to an aromatic ring is 1. The number of rotatable bonds is 2. The van der Waals surface area contributed by atoms with Gasteiger partial charge in [-0.15, -0.1) is 0 Å². The van der Waals surface area contributed by atoms with Crippen molar-refractivity contribution >= 4 is 12.1 Å². The van der Waals surface area contributed by atoms with E-state index in [2.05, 4.69) is 9.97 Å². The van der Waals surface area contributed by atoms with Crippen molar-refractivity contribution in [1.29, 1.82) is 0 Å². The lowest BCUT2D eigenvalue weighted by molar-refractivity contribution is 0.112. The third-order valence-corrected chi connectivity index (χ3v) is 2.25. The van der Waals surface area contributed by atoms with Crippen LogP contribution in [0.1, 0.15) is 15.9 Å². The molecule has 0 aliphatic heterocycles. The van der Waals surface area contributed by atoms with Crippen LogP contribution < -0.4 is 5.73 Å². The normalized spacial score (nSPS) is 10.1. The van der Waals surface area contributed by atoms with Crippen molar-refractivity contribution < 1.29 is 4.79 Å². The average Bonchev–Trinajstić information content (AvgIpc) is 2.29. The number of aldehydes is 1. The molecule has 2 N–H and O–H groups in total. The lowest BCUT2D eigenvalue weighted by Crippen LogP contribution is -2.00. The summed E-state index contributed by atoms with van der Waals surface area (Å²) in [4.78, 5) is 18.8. The monoisotopic (exact) mass is 213 g/mol. The molecule has 0 saturated carbocycles. The first-order valence-electron chi connectivity index (χ1n) is 4.85. The SMILES string of the molecule is Cc1cccc(-c2ncc(C=O)c(N)n2)c1. The summed E-state index contributed by atoms with van der Waals surface area (Å²) in [7, 11) is 0. The van der Waals surface area contributed by atoms with Crippen molar-refractivity contribution in [2.24, 2.45) is 0 Å². The first-order chi connectivity index (χ1) is 7.70. The minimum absolute atomic E-state index is 0.210. The summed E-state index contributed by atoms with van der Waals surface area (Å²) in [5.74, 6) is 0.744. The Bertz CT molecular complexity index is 538. The minimum atomic E-state index is 0.210. The number of carbonyl (C=O) groups is 1. The molecular weight excluding hydrogens is 202 g/mol. The summed E-state index contributed by atoms with van der Waals surface area (Å²) >= 11 is 0. The third-order valence-electron chi connectivity index (χ3n) is 2.25. The predicted octanol–water partition coefficient (Wildman–Crippen LogP) is 1.85. The molecule has 4 heteroatoms. The molecule has 0 radical (unpaired) electrons. The van der Waals surface area contributed by atoms with E-state index >= 15 is 0 Å². The summed E-state index contributed by atoms with van der Waals surface area (Å²) < 4.78 is 0. The van der Waals surface area contributed by atoms with Crippen molar-refractivity contribution in [3.63, 3.8) is 0 Å². The zero-order valence-corrected chi connectivity index (χ0v) is 8.84. The number of anilines is 1. The largest absolute Gasteiger partial charge is 0.383 e. The van der Waals surface area contributed by atoms with Gasteiger partial charge >= 0.3 is 0 Å². The second-order valence-corrected chi connectivity index (χ2v) is 3.52. The van der Waals surface area contributed by atoms with Crippen LogP contribution in [-0.4, -0.2) is 16.3 Å². The van der Waals surface area contributed by atoms with Gasteiger partial charge in [0.15, 0.2) is 12.1 Å². The number of hydrogen-bond donors (Lipinski definition) is 1. The molecule has 0 saturated heterocycles. The summed E-state index contributed by atoms with van der Waals surface area (Å²) in [6, 6.07) is 7.79. The van der Waals surface area contributed by atoms with Gasteiger partial charge in [-0.25, -0.2) is 9.97 Å². The van der Waals surface area contributed by atoms with E-state index in [4.69, 9.17) is 5.73 Å². The van der Waals surface area contributed by atoms with E-state index in [1.165, 1.54) is 6.20 Å². The quantitative estimate of drug-likeness (QED) is 0.773. The van der Waals surface area contributed by atoms with E-state index in [0.29, 0.717) is 17.7 Å². The molecule has 0 aliphatic rings. The molecule has 0 atom stereocenters. The summed E-state index contributed by atoms with van der Waals surface area (Å²) in [6.07, 6.45) is 2.09. The maximum Gasteiger partial charge on any atom is 0.161 e. The van der Waals surface area contributed by atoms with Crippen molar-refractivity contribution in [3.8, 4) is 11.4 Å². The van der Waals surface area contributed by atoms with Gasteiger partial charge in [-0.05, 0) is 13.0 Å². The third kappa shape index (κ3) is 1.91. The van der Waals surface area contributed by atoms with E-state index in [-0.39, 0.29) is 5.82 Å². The van der Waals surface area contributed by atoms with Gasteiger partial charge in [0.05, 0.1) is 5.56 Å². The van der Waals surface area contributed by atoms with Crippen molar-refractivity contribution in [2.75, 3.05) is 5.73 Å². The second kappa shape index (κ2) is 4.10. The molecule has 2 rings (SSSR count). The zero-order valence-electron chi connectivity index (χ0n) is 8.84. The number of aryl methyl sites for hydroxylation is 1. The van der Waals surface area contributed by atoms with Gasteiger partial charge in [-0.3, -0.25) is 4.79 Å². The van der Waals surface area contributed by atoms with E-state index in [1.54, 1.807) is 0 Å². The van der Waals surface area contributed by atoms with E-state index in [0.717, 1.165) is 11.1 Å². The number of benzene rings is 1. The Balaban J connectivity index is 2.49. The lowest BCUT2D eigenvalue weighted by Gasteiger charge is -2.03. The van der Waals surface area contributed by atoms with Crippen LogP contribution in [0.2, 0.25) is 0 Å². The second-order valence-electron chi connectivity index (χ2n) is 3.52. The maximum atomic E-state index is 10.6. The predicted molar refractivity (Wildman–Crippen MR) is 62.0 cm³/mol. The molecule has 0 aliphatic carbocycles. The molecule has 1 aromatic carbocycles. The maximum absolute atomic E-state index is 10.6. The van der Waals surface area contributed by atoms with Crippen LogP contribution in [0, 0.1) is 6.92 Å². The van der Waals surface area contributed by atoms with Gasteiger partial charge in [0.2, 0.25) is 0 Å².